The van der Waals surface area contributed by atoms with E-state index < -0.39 is 0 Å². The molecule has 0 spiro atoms. The van der Waals surface area contributed by atoms with Crippen LogP contribution in [0.25, 0.3) is 0 Å². The molecule has 0 bridgehead atoms. The summed E-state index contributed by atoms with van der Waals surface area (Å²) in [6.07, 6.45) is 13.1. The van der Waals surface area contributed by atoms with Crippen LogP contribution < -0.4 is 5.32 Å². The zero-order valence-corrected chi connectivity index (χ0v) is 12.3. The van der Waals surface area contributed by atoms with Crippen LogP contribution in [0.15, 0.2) is 0 Å². The number of nitrogens with one attached hydrogen (secondary N) is 1. The zero-order chi connectivity index (χ0) is 12.6. The Morgan fingerprint density at radius 3 is 1.89 bits per heavy atom. The highest BCUT2D eigenvalue weighted by Gasteiger charge is 2.17. The van der Waals surface area contributed by atoms with Crippen LogP contribution in [0, 0.1) is 11.8 Å². The number of hydrogen-bond acceptors (Lipinski definition) is 2. The van der Waals surface area contributed by atoms with E-state index in [1.807, 2.05) is 0 Å². The van der Waals surface area contributed by atoms with Crippen LogP contribution in [0.1, 0.15) is 57.8 Å². The summed E-state index contributed by atoms with van der Waals surface area (Å²) >= 11 is 0. The Morgan fingerprint density at radius 1 is 0.778 bits per heavy atom. The van der Waals surface area contributed by atoms with E-state index in [9.17, 15) is 0 Å². The van der Waals surface area contributed by atoms with E-state index in [2.05, 4.69) is 17.3 Å². The van der Waals surface area contributed by atoms with Gasteiger partial charge in [-0.2, -0.15) is 0 Å². The highest BCUT2D eigenvalue weighted by Crippen LogP contribution is 2.22. The first-order valence-corrected chi connectivity index (χ1v) is 8.24. The molecule has 0 atom stereocenters. The molecule has 106 valence electrons. The first-order valence-electron chi connectivity index (χ1n) is 8.24. The highest BCUT2D eigenvalue weighted by atomic mass is 15.1. The van der Waals surface area contributed by atoms with Crippen molar-refractivity contribution in [2.45, 2.75) is 57.8 Å². The predicted molar refractivity (Wildman–Crippen MR) is 78.9 cm³/mol. The summed E-state index contributed by atoms with van der Waals surface area (Å²) in [5.74, 6) is 1.91. The number of likely N-dealkylation sites (tertiary alicyclic amines) is 1. The van der Waals surface area contributed by atoms with Gasteiger partial charge in [-0.25, -0.2) is 0 Å². The molecule has 2 heteroatoms. The molecular weight excluding hydrogens is 220 g/mol. The van der Waals surface area contributed by atoms with Gasteiger partial charge < -0.3 is 10.2 Å². The number of piperidine rings is 1. The normalized spacial score (nSPS) is 25.8. The minimum Gasteiger partial charge on any atom is -0.316 e. The maximum absolute atomic E-state index is 3.77. The van der Waals surface area contributed by atoms with Crippen LogP contribution in [-0.2, 0) is 0 Å². The van der Waals surface area contributed by atoms with Crippen molar-refractivity contribution in [1.29, 1.82) is 0 Å². The van der Waals surface area contributed by atoms with Crippen LogP contribution in [0.4, 0.5) is 0 Å². The molecule has 1 saturated carbocycles. The highest BCUT2D eigenvalue weighted by molar-refractivity contribution is 4.73. The quantitative estimate of drug-likeness (QED) is 0.826. The van der Waals surface area contributed by atoms with Gasteiger partial charge in [0.25, 0.3) is 0 Å². The van der Waals surface area contributed by atoms with Crippen molar-refractivity contribution in [3.05, 3.63) is 0 Å². The maximum Gasteiger partial charge on any atom is -0.00187 e. The van der Waals surface area contributed by atoms with Gasteiger partial charge in [-0.1, -0.05) is 32.1 Å². The van der Waals surface area contributed by atoms with Gasteiger partial charge in [0.1, 0.15) is 0 Å². The summed E-state index contributed by atoms with van der Waals surface area (Å²) in [4.78, 5) is 2.46. The zero-order valence-electron chi connectivity index (χ0n) is 12.3. The molecular formula is C16H32N2. The summed E-state index contributed by atoms with van der Waals surface area (Å²) in [7, 11) is 2.25. The van der Waals surface area contributed by atoms with Gasteiger partial charge in [-0.3, -0.25) is 0 Å². The molecule has 2 rings (SSSR count). The summed E-state index contributed by atoms with van der Waals surface area (Å²) in [5, 5.41) is 3.77. The SMILES string of the molecule is CN1CCC(CNCC2CCCCCCC2)CC1. The van der Waals surface area contributed by atoms with Crippen molar-refractivity contribution in [2.24, 2.45) is 11.8 Å². The number of rotatable bonds is 4. The first kappa shape index (κ1) is 14.3. The van der Waals surface area contributed by atoms with Crippen LogP contribution in [0.3, 0.4) is 0 Å². The van der Waals surface area contributed by atoms with E-state index in [0.29, 0.717) is 0 Å². The second-order valence-electron chi connectivity index (χ2n) is 6.62. The van der Waals surface area contributed by atoms with Crippen molar-refractivity contribution < 1.29 is 0 Å². The molecule has 0 aromatic rings. The lowest BCUT2D eigenvalue weighted by Crippen LogP contribution is -2.36. The Labute approximate surface area is 114 Å². The first-order chi connectivity index (χ1) is 8.84. The summed E-state index contributed by atoms with van der Waals surface area (Å²) in [6.45, 7) is 5.15. The number of nitrogens with zero attached hydrogens (tertiary/aromatic N) is 1. The van der Waals surface area contributed by atoms with Crippen LogP contribution in [0.2, 0.25) is 0 Å². The molecule has 2 fully saturated rings. The van der Waals surface area contributed by atoms with E-state index in [4.69, 9.17) is 0 Å². The van der Waals surface area contributed by atoms with E-state index >= 15 is 0 Å². The molecule has 1 N–H and O–H groups in total. The average Bonchev–Trinajstić information content (AvgIpc) is 2.34. The van der Waals surface area contributed by atoms with Crippen molar-refractivity contribution in [2.75, 3.05) is 33.2 Å². The fraction of sp³-hybridized carbons (Fsp3) is 1.00. The van der Waals surface area contributed by atoms with Gasteiger partial charge in [-0.15, -0.1) is 0 Å². The Kier molecular flexibility index (Phi) is 6.50. The predicted octanol–water partition coefficient (Wildman–Crippen LogP) is 3.28. The lowest BCUT2D eigenvalue weighted by atomic mass is 9.91. The van der Waals surface area contributed by atoms with Gasteiger partial charge in [0.05, 0.1) is 0 Å². The Bertz CT molecular complexity index is 201. The molecule has 0 unspecified atom stereocenters. The molecule has 1 aliphatic carbocycles. The van der Waals surface area contributed by atoms with E-state index in [1.54, 1.807) is 0 Å². The Morgan fingerprint density at radius 2 is 1.28 bits per heavy atom. The third-order valence-corrected chi connectivity index (χ3v) is 4.93. The maximum atomic E-state index is 3.77. The smallest absolute Gasteiger partial charge is 0.00187 e. The standard InChI is InChI=1S/C16H32N2/c1-18-11-9-16(10-12-18)14-17-13-15-7-5-3-2-4-6-8-15/h15-17H,2-14H2,1H3. The second-order valence-corrected chi connectivity index (χ2v) is 6.62. The minimum absolute atomic E-state index is 0.940. The van der Waals surface area contributed by atoms with Crippen molar-refractivity contribution in [3.63, 3.8) is 0 Å². The minimum atomic E-state index is 0.940. The van der Waals surface area contributed by atoms with Crippen LogP contribution >= 0.6 is 0 Å². The third kappa shape index (κ3) is 5.27. The van der Waals surface area contributed by atoms with Crippen LogP contribution in [0.5, 0.6) is 0 Å². The van der Waals surface area contributed by atoms with Crippen molar-refractivity contribution in [1.82, 2.24) is 10.2 Å². The van der Waals surface area contributed by atoms with E-state index in [0.717, 1.165) is 11.8 Å². The van der Waals surface area contributed by atoms with Gasteiger partial charge >= 0.3 is 0 Å². The molecule has 1 heterocycles. The molecule has 1 saturated heterocycles. The lowest BCUT2D eigenvalue weighted by molar-refractivity contribution is 0.213. The fourth-order valence-electron chi connectivity index (χ4n) is 3.50. The van der Waals surface area contributed by atoms with Gasteiger partial charge in [-0.05, 0) is 70.7 Å². The van der Waals surface area contributed by atoms with Gasteiger partial charge in [0.15, 0.2) is 0 Å². The van der Waals surface area contributed by atoms with Gasteiger partial charge in [0.2, 0.25) is 0 Å². The Balaban J connectivity index is 1.56. The lowest BCUT2D eigenvalue weighted by Gasteiger charge is -2.29. The van der Waals surface area contributed by atoms with E-state index in [1.165, 1.54) is 84.0 Å². The molecule has 2 nitrogen and oxygen atoms in total. The molecule has 0 amide bonds. The van der Waals surface area contributed by atoms with E-state index in [-0.39, 0.29) is 0 Å². The topological polar surface area (TPSA) is 15.3 Å². The largest absolute Gasteiger partial charge is 0.316 e. The van der Waals surface area contributed by atoms with Gasteiger partial charge in [0, 0.05) is 0 Å². The Hall–Kier alpha value is -0.0800. The van der Waals surface area contributed by atoms with Crippen molar-refractivity contribution in [3.8, 4) is 0 Å². The number of hydrogen-bond donors (Lipinski definition) is 1. The summed E-state index contributed by atoms with van der Waals surface area (Å²) in [5.41, 5.74) is 0. The molecule has 0 aromatic carbocycles. The summed E-state index contributed by atoms with van der Waals surface area (Å²) in [6, 6.07) is 0. The molecule has 0 radical (unpaired) electrons. The molecule has 18 heavy (non-hydrogen) atoms. The third-order valence-electron chi connectivity index (χ3n) is 4.93. The van der Waals surface area contributed by atoms with Crippen LogP contribution in [-0.4, -0.2) is 38.1 Å². The van der Waals surface area contributed by atoms with Crippen molar-refractivity contribution >= 4 is 0 Å². The molecule has 2 aliphatic rings. The average molecular weight is 252 g/mol. The molecule has 0 aromatic heterocycles. The molecule has 1 aliphatic heterocycles. The second kappa shape index (κ2) is 8.16. The monoisotopic (exact) mass is 252 g/mol. The fourth-order valence-corrected chi connectivity index (χ4v) is 3.50. The summed E-state index contributed by atoms with van der Waals surface area (Å²) < 4.78 is 0.